The Morgan fingerprint density at radius 1 is 1.03 bits per heavy atom. The van der Waals surface area contributed by atoms with Crippen LogP contribution in [0.2, 0.25) is 0 Å². The summed E-state index contributed by atoms with van der Waals surface area (Å²) in [7, 11) is -3.52. The van der Waals surface area contributed by atoms with E-state index in [0.29, 0.717) is 37.6 Å². The average molecular weight is 420 g/mol. The molecule has 0 unspecified atom stereocenters. The SMILES string of the molecule is Cc1ccc(S(=O)(=O)N2CCN([C@H](C)C(=O)NCc3ccc(F)cc3)CC2)cc1. The number of carbonyl (C=O) groups is 1. The van der Waals surface area contributed by atoms with Gasteiger partial charge in [-0.3, -0.25) is 9.69 Å². The predicted molar refractivity (Wildman–Crippen MR) is 109 cm³/mol. The molecule has 2 aromatic rings. The van der Waals surface area contributed by atoms with E-state index in [9.17, 15) is 17.6 Å². The molecule has 1 amide bonds. The van der Waals surface area contributed by atoms with Crippen molar-refractivity contribution in [1.29, 1.82) is 0 Å². The van der Waals surface area contributed by atoms with Crippen LogP contribution in [0.5, 0.6) is 0 Å². The number of halogens is 1. The van der Waals surface area contributed by atoms with E-state index in [0.717, 1.165) is 11.1 Å². The number of benzene rings is 2. The first-order chi connectivity index (χ1) is 13.8. The molecule has 1 heterocycles. The van der Waals surface area contributed by atoms with Gasteiger partial charge in [0, 0.05) is 32.7 Å². The molecule has 0 aliphatic carbocycles. The van der Waals surface area contributed by atoms with Crippen molar-refractivity contribution < 1.29 is 17.6 Å². The van der Waals surface area contributed by atoms with Crippen LogP contribution in [0.3, 0.4) is 0 Å². The molecule has 0 bridgehead atoms. The van der Waals surface area contributed by atoms with Crippen LogP contribution in [0.4, 0.5) is 4.39 Å². The van der Waals surface area contributed by atoms with Gasteiger partial charge in [0.15, 0.2) is 0 Å². The Labute approximate surface area is 171 Å². The van der Waals surface area contributed by atoms with Gasteiger partial charge >= 0.3 is 0 Å². The normalized spacial score (nSPS) is 17.1. The highest BCUT2D eigenvalue weighted by molar-refractivity contribution is 7.89. The number of amides is 1. The first-order valence-electron chi connectivity index (χ1n) is 9.60. The quantitative estimate of drug-likeness (QED) is 0.779. The van der Waals surface area contributed by atoms with Gasteiger partial charge in [-0.1, -0.05) is 29.8 Å². The molecular formula is C21H26FN3O3S. The zero-order valence-corrected chi connectivity index (χ0v) is 17.5. The van der Waals surface area contributed by atoms with Gasteiger partial charge < -0.3 is 5.32 Å². The van der Waals surface area contributed by atoms with Gasteiger partial charge in [-0.25, -0.2) is 12.8 Å². The maximum absolute atomic E-state index is 13.0. The largest absolute Gasteiger partial charge is 0.351 e. The van der Waals surface area contributed by atoms with Crippen molar-refractivity contribution in [2.24, 2.45) is 0 Å². The number of sulfonamides is 1. The number of rotatable bonds is 6. The van der Waals surface area contributed by atoms with Crippen molar-refractivity contribution >= 4 is 15.9 Å². The molecule has 1 aliphatic rings. The van der Waals surface area contributed by atoms with Crippen molar-refractivity contribution in [3.8, 4) is 0 Å². The van der Waals surface area contributed by atoms with Crippen molar-refractivity contribution in [1.82, 2.24) is 14.5 Å². The lowest BCUT2D eigenvalue weighted by Crippen LogP contribution is -2.54. The lowest BCUT2D eigenvalue weighted by molar-refractivity contribution is -0.126. The maximum atomic E-state index is 13.0. The highest BCUT2D eigenvalue weighted by Gasteiger charge is 2.31. The number of carbonyl (C=O) groups excluding carboxylic acids is 1. The zero-order valence-electron chi connectivity index (χ0n) is 16.6. The summed E-state index contributed by atoms with van der Waals surface area (Å²) in [6.45, 7) is 5.69. The maximum Gasteiger partial charge on any atom is 0.243 e. The Bertz CT molecular complexity index is 938. The second-order valence-corrected chi connectivity index (χ2v) is 9.21. The molecule has 1 N–H and O–H groups in total. The van der Waals surface area contributed by atoms with Gasteiger partial charge in [0.1, 0.15) is 5.82 Å². The van der Waals surface area contributed by atoms with E-state index < -0.39 is 10.0 Å². The van der Waals surface area contributed by atoms with Crippen LogP contribution >= 0.6 is 0 Å². The van der Waals surface area contributed by atoms with E-state index in [1.54, 1.807) is 36.4 Å². The number of nitrogens with one attached hydrogen (secondary N) is 1. The average Bonchev–Trinajstić information content (AvgIpc) is 2.73. The molecule has 2 aromatic carbocycles. The fourth-order valence-electron chi connectivity index (χ4n) is 3.30. The van der Waals surface area contributed by atoms with E-state index >= 15 is 0 Å². The zero-order chi connectivity index (χ0) is 21.0. The van der Waals surface area contributed by atoms with Crippen LogP contribution in [0, 0.1) is 12.7 Å². The molecule has 3 rings (SSSR count). The number of hydrogen-bond donors (Lipinski definition) is 1. The van der Waals surface area contributed by atoms with E-state index in [-0.39, 0.29) is 17.8 Å². The number of aryl methyl sites for hydroxylation is 1. The molecule has 156 valence electrons. The summed E-state index contributed by atoms with van der Waals surface area (Å²) in [6.07, 6.45) is 0. The third-order valence-electron chi connectivity index (χ3n) is 5.24. The first kappa shape index (κ1) is 21.4. The minimum Gasteiger partial charge on any atom is -0.351 e. The number of hydrogen-bond acceptors (Lipinski definition) is 4. The fraction of sp³-hybridized carbons (Fsp3) is 0.381. The second kappa shape index (κ2) is 9.02. The number of nitrogens with zero attached hydrogens (tertiary/aromatic N) is 2. The van der Waals surface area contributed by atoms with Crippen LogP contribution in [0.15, 0.2) is 53.4 Å². The molecule has 29 heavy (non-hydrogen) atoms. The topological polar surface area (TPSA) is 69.7 Å². The van der Waals surface area contributed by atoms with E-state index in [1.165, 1.54) is 16.4 Å². The van der Waals surface area contributed by atoms with Gasteiger partial charge in [-0.05, 0) is 43.7 Å². The Kier molecular flexibility index (Phi) is 6.66. The predicted octanol–water partition coefficient (Wildman–Crippen LogP) is 2.15. The van der Waals surface area contributed by atoms with Crippen molar-refractivity contribution in [3.63, 3.8) is 0 Å². The second-order valence-electron chi connectivity index (χ2n) is 7.27. The molecule has 0 saturated carbocycles. The lowest BCUT2D eigenvalue weighted by atomic mass is 10.2. The molecule has 1 aliphatic heterocycles. The highest BCUT2D eigenvalue weighted by Crippen LogP contribution is 2.19. The van der Waals surface area contributed by atoms with E-state index in [4.69, 9.17) is 0 Å². The Hall–Kier alpha value is -2.29. The minimum atomic E-state index is -3.52. The molecule has 0 spiro atoms. The summed E-state index contributed by atoms with van der Waals surface area (Å²) in [6, 6.07) is 12.4. The Morgan fingerprint density at radius 2 is 1.62 bits per heavy atom. The lowest BCUT2D eigenvalue weighted by Gasteiger charge is -2.36. The summed E-state index contributed by atoms with van der Waals surface area (Å²) in [4.78, 5) is 14.7. The Morgan fingerprint density at radius 3 is 2.21 bits per heavy atom. The standard InChI is InChI=1S/C21H26FN3O3S/c1-16-3-9-20(10-4-16)29(27,28)25-13-11-24(12-14-25)17(2)21(26)23-15-18-5-7-19(22)8-6-18/h3-10,17H,11-15H2,1-2H3,(H,23,26)/t17-/m1/s1. The third kappa shape index (κ3) is 5.20. The Balaban J connectivity index is 1.53. The van der Waals surface area contributed by atoms with Gasteiger partial charge in [0.25, 0.3) is 0 Å². The van der Waals surface area contributed by atoms with Gasteiger partial charge in [-0.15, -0.1) is 0 Å². The fourth-order valence-corrected chi connectivity index (χ4v) is 4.72. The molecule has 1 fully saturated rings. The van der Waals surface area contributed by atoms with E-state index in [2.05, 4.69) is 5.32 Å². The first-order valence-corrected chi connectivity index (χ1v) is 11.0. The third-order valence-corrected chi connectivity index (χ3v) is 7.15. The van der Waals surface area contributed by atoms with Crippen LogP contribution in [0.1, 0.15) is 18.1 Å². The summed E-state index contributed by atoms with van der Waals surface area (Å²) in [5.41, 5.74) is 1.83. The van der Waals surface area contributed by atoms with Gasteiger partial charge in [0.05, 0.1) is 10.9 Å². The van der Waals surface area contributed by atoms with Gasteiger partial charge in [0.2, 0.25) is 15.9 Å². The summed E-state index contributed by atoms with van der Waals surface area (Å²) < 4.78 is 40.0. The molecule has 1 atom stereocenters. The molecule has 6 nitrogen and oxygen atoms in total. The molecule has 1 saturated heterocycles. The van der Waals surface area contributed by atoms with E-state index in [1.807, 2.05) is 18.7 Å². The van der Waals surface area contributed by atoms with Crippen LogP contribution < -0.4 is 5.32 Å². The molecule has 0 aromatic heterocycles. The van der Waals surface area contributed by atoms with Crippen LogP contribution in [-0.4, -0.2) is 55.8 Å². The van der Waals surface area contributed by atoms with Crippen LogP contribution in [-0.2, 0) is 21.4 Å². The molecule has 0 radical (unpaired) electrons. The highest BCUT2D eigenvalue weighted by atomic mass is 32.2. The molecular weight excluding hydrogens is 393 g/mol. The monoisotopic (exact) mass is 419 g/mol. The van der Waals surface area contributed by atoms with Crippen molar-refractivity contribution in [2.45, 2.75) is 31.3 Å². The number of piperazine rings is 1. The van der Waals surface area contributed by atoms with Crippen LogP contribution in [0.25, 0.3) is 0 Å². The minimum absolute atomic E-state index is 0.135. The molecule has 8 heteroatoms. The summed E-state index contributed by atoms with van der Waals surface area (Å²) in [5, 5.41) is 2.85. The van der Waals surface area contributed by atoms with Gasteiger partial charge in [-0.2, -0.15) is 4.31 Å². The summed E-state index contributed by atoms with van der Waals surface area (Å²) >= 11 is 0. The van der Waals surface area contributed by atoms with Crippen molar-refractivity contribution in [3.05, 3.63) is 65.5 Å². The van der Waals surface area contributed by atoms with Crippen molar-refractivity contribution in [2.75, 3.05) is 26.2 Å². The summed E-state index contributed by atoms with van der Waals surface area (Å²) in [5.74, 6) is -0.448. The smallest absolute Gasteiger partial charge is 0.243 e.